The van der Waals surface area contributed by atoms with E-state index in [1.54, 1.807) is 41.6 Å². The Balaban J connectivity index is 1.25. The van der Waals surface area contributed by atoms with Crippen LogP contribution in [0.4, 0.5) is 23.7 Å². The summed E-state index contributed by atoms with van der Waals surface area (Å²) in [5, 5.41) is 2.85. The molecule has 3 aromatic rings. The van der Waals surface area contributed by atoms with Crippen molar-refractivity contribution in [2.45, 2.75) is 19.5 Å². The zero-order chi connectivity index (χ0) is 24.7. The number of urea groups is 1. The van der Waals surface area contributed by atoms with Gasteiger partial charge in [0.25, 0.3) is 0 Å². The average Bonchev–Trinajstić information content (AvgIpc) is 2.83. The fourth-order valence-corrected chi connectivity index (χ4v) is 3.74. The standard InChI is InChI=1S/C25H25F3N4O3/c26-25(27,28)35-23-8-2-5-20(15-23)18-34-22-7-1-4-19(14-22)17-31-10-12-32(13-11-31)24(33)30-21-6-3-9-29-16-21/h1-9,14-16H,10-13,17-18H2,(H,30,33). The molecule has 2 amide bonds. The van der Waals surface area contributed by atoms with E-state index < -0.39 is 6.36 Å². The minimum atomic E-state index is -4.73. The molecule has 0 atom stereocenters. The molecule has 0 unspecified atom stereocenters. The number of carbonyl (C=O) groups excluding carboxylic acids is 1. The first-order valence-electron chi connectivity index (χ1n) is 11.1. The van der Waals surface area contributed by atoms with Crippen LogP contribution in [0, 0.1) is 0 Å². The zero-order valence-corrected chi connectivity index (χ0v) is 18.9. The highest BCUT2D eigenvalue weighted by atomic mass is 19.4. The Morgan fingerprint density at radius 3 is 2.37 bits per heavy atom. The summed E-state index contributed by atoms with van der Waals surface area (Å²) in [5.41, 5.74) is 2.28. The Morgan fingerprint density at radius 2 is 1.66 bits per heavy atom. The van der Waals surface area contributed by atoms with E-state index in [1.165, 1.54) is 18.2 Å². The normalized spacial score (nSPS) is 14.4. The number of piperazine rings is 1. The molecule has 10 heteroatoms. The Morgan fingerprint density at radius 1 is 0.943 bits per heavy atom. The Labute approximate surface area is 201 Å². The summed E-state index contributed by atoms with van der Waals surface area (Å²) in [6, 6.07) is 16.7. The van der Waals surface area contributed by atoms with Crippen molar-refractivity contribution in [2.75, 3.05) is 31.5 Å². The lowest BCUT2D eigenvalue weighted by atomic mass is 10.2. The van der Waals surface area contributed by atoms with Crippen molar-refractivity contribution in [1.82, 2.24) is 14.8 Å². The van der Waals surface area contributed by atoms with Crippen molar-refractivity contribution in [3.05, 3.63) is 84.2 Å². The van der Waals surface area contributed by atoms with Crippen molar-refractivity contribution in [3.63, 3.8) is 0 Å². The van der Waals surface area contributed by atoms with Crippen LogP contribution < -0.4 is 14.8 Å². The van der Waals surface area contributed by atoms with E-state index in [9.17, 15) is 18.0 Å². The van der Waals surface area contributed by atoms with E-state index >= 15 is 0 Å². The van der Waals surface area contributed by atoms with Gasteiger partial charge in [0.05, 0.1) is 11.9 Å². The molecule has 0 radical (unpaired) electrons. The van der Waals surface area contributed by atoms with Crippen LogP contribution in [0.1, 0.15) is 11.1 Å². The SMILES string of the molecule is O=C(Nc1cccnc1)N1CCN(Cc2cccc(OCc3cccc(OC(F)(F)F)c3)c2)CC1. The predicted molar refractivity (Wildman–Crippen MR) is 124 cm³/mol. The summed E-state index contributed by atoms with van der Waals surface area (Å²) >= 11 is 0. The molecule has 1 N–H and O–H groups in total. The third-order valence-corrected chi connectivity index (χ3v) is 5.41. The summed E-state index contributed by atoms with van der Waals surface area (Å²) in [5.74, 6) is 0.347. The molecule has 1 aliphatic heterocycles. The maximum absolute atomic E-state index is 12.4. The number of amides is 2. The van der Waals surface area contributed by atoms with E-state index in [0.29, 0.717) is 36.6 Å². The topological polar surface area (TPSA) is 66.9 Å². The maximum Gasteiger partial charge on any atom is 0.573 e. The molecule has 0 spiro atoms. The van der Waals surface area contributed by atoms with Gasteiger partial charge in [-0.05, 0) is 47.5 Å². The molecule has 0 bridgehead atoms. The molecule has 0 aliphatic carbocycles. The lowest BCUT2D eigenvalue weighted by Crippen LogP contribution is -2.49. The molecule has 0 saturated carbocycles. The first-order chi connectivity index (χ1) is 16.8. The van der Waals surface area contributed by atoms with Gasteiger partial charge in [0.2, 0.25) is 0 Å². The highest BCUT2D eigenvalue weighted by molar-refractivity contribution is 5.89. The van der Waals surface area contributed by atoms with E-state index in [-0.39, 0.29) is 18.4 Å². The van der Waals surface area contributed by atoms with Gasteiger partial charge in [-0.2, -0.15) is 0 Å². The summed E-state index contributed by atoms with van der Waals surface area (Å²) in [6.45, 7) is 3.50. The number of aromatic nitrogens is 1. The molecular formula is C25H25F3N4O3. The van der Waals surface area contributed by atoms with Crippen LogP contribution in [0.15, 0.2) is 73.1 Å². The number of benzene rings is 2. The molecule has 4 rings (SSSR count). The number of ether oxygens (including phenoxy) is 2. The fraction of sp³-hybridized carbons (Fsp3) is 0.280. The second-order valence-corrected chi connectivity index (χ2v) is 8.07. The summed E-state index contributed by atoms with van der Waals surface area (Å²) in [4.78, 5) is 20.5. The van der Waals surface area contributed by atoms with Crippen LogP contribution in [0.2, 0.25) is 0 Å². The van der Waals surface area contributed by atoms with Gasteiger partial charge >= 0.3 is 12.4 Å². The third kappa shape index (κ3) is 7.61. The molecule has 1 aromatic heterocycles. The highest BCUT2D eigenvalue weighted by Crippen LogP contribution is 2.24. The number of anilines is 1. The van der Waals surface area contributed by atoms with E-state index in [1.807, 2.05) is 18.2 Å². The van der Waals surface area contributed by atoms with Gasteiger partial charge in [-0.3, -0.25) is 9.88 Å². The minimum absolute atomic E-state index is 0.114. The van der Waals surface area contributed by atoms with Crippen LogP contribution >= 0.6 is 0 Å². The van der Waals surface area contributed by atoms with Gasteiger partial charge < -0.3 is 19.7 Å². The van der Waals surface area contributed by atoms with Crippen LogP contribution in [0.3, 0.4) is 0 Å². The number of carbonyl (C=O) groups is 1. The fourth-order valence-electron chi connectivity index (χ4n) is 3.74. The third-order valence-electron chi connectivity index (χ3n) is 5.41. The van der Waals surface area contributed by atoms with Gasteiger partial charge in [0, 0.05) is 38.9 Å². The first-order valence-corrected chi connectivity index (χ1v) is 11.1. The quantitative estimate of drug-likeness (QED) is 0.514. The van der Waals surface area contributed by atoms with Crippen LogP contribution in [-0.4, -0.2) is 53.4 Å². The Hall–Kier alpha value is -3.79. The predicted octanol–water partition coefficient (Wildman–Crippen LogP) is 4.91. The van der Waals surface area contributed by atoms with Crippen molar-refractivity contribution in [1.29, 1.82) is 0 Å². The molecule has 1 saturated heterocycles. The molecule has 1 aliphatic rings. The number of hydrogen-bond acceptors (Lipinski definition) is 5. The van der Waals surface area contributed by atoms with Gasteiger partial charge in [-0.1, -0.05) is 24.3 Å². The Bertz CT molecular complexity index is 1120. The number of pyridine rings is 1. The summed E-state index contributed by atoms with van der Waals surface area (Å²) in [7, 11) is 0. The number of nitrogens with zero attached hydrogens (tertiary/aromatic N) is 3. The molecule has 7 nitrogen and oxygen atoms in total. The zero-order valence-electron chi connectivity index (χ0n) is 18.9. The number of halogens is 3. The Kier molecular flexibility index (Phi) is 7.71. The van der Waals surface area contributed by atoms with Gasteiger partial charge in [0.15, 0.2) is 0 Å². The van der Waals surface area contributed by atoms with E-state index in [0.717, 1.165) is 18.7 Å². The first kappa shape index (κ1) is 24.3. The maximum atomic E-state index is 12.4. The number of nitrogens with one attached hydrogen (secondary N) is 1. The largest absolute Gasteiger partial charge is 0.573 e. The molecule has 2 heterocycles. The lowest BCUT2D eigenvalue weighted by molar-refractivity contribution is -0.274. The lowest BCUT2D eigenvalue weighted by Gasteiger charge is -2.34. The number of rotatable bonds is 7. The van der Waals surface area contributed by atoms with Gasteiger partial charge in [-0.25, -0.2) is 4.79 Å². The summed E-state index contributed by atoms with van der Waals surface area (Å²) < 4.78 is 47.0. The molecule has 2 aromatic carbocycles. The number of hydrogen-bond donors (Lipinski definition) is 1. The summed E-state index contributed by atoms with van der Waals surface area (Å²) in [6.07, 6.45) is -1.47. The highest BCUT2D eigenvalue weighted by Gasteiger charge is 2.31. The van der Waals surface area contributed by atoms with Crippen molar-refractivity contribution in [2.24, 2.45) is 0 Å². The molecule has 35 heavy (non-hydrogen) atoms. The van der Waals surface area contributed by atoms with Crippen LogP contribution in [0.5, 0.6) is 11.5 Å². The smallest absolute Gasteiger partial charge is 0.489 e. The monoisotopic (exact) mass is 486 g/mol. The van der Waals surface area contributed by atoms with Crippen molar-refractivity contribution < 1.29 is 27.4 Å². The van der Waals surface area contributed by atoms with Gasteiger partial charge in [-0.15, -0.1) is 13.2 Å². The average molecular weight is 486 g/mol. The molecule has 184 valence electrons. The van der Waals surface area contributed by atoms with Crippen LogP contribution in [0.25, 0.3) is 0 Å². The minimum Gasteiger partial charge on any atom is -0.489 e. The van der Waals surface area contributed by atoms with Gasteiger partial charge in [0.1, 0.15) is 18.1 Å². The van der Waals surface area contributed by atoms with E-state index in [2.05, 4.69) is 19.9 Å². The van der Waals surface area contributed by atoms with Crippen molar-refractivity contribution in [3.8, 4) is 11.5 Å². The second-order valence-electron chi connectivity index (χ2n) is 8.07. The van der Waals surface area contributed by atoms with Crippen LogP contribution in [-0.2, 0) is 13.2 Å². The molecular weight excluding hydrogens is 461 g/mol. The van der Waals surface area contributed by atoms with Crippen molar-refractivity contribution >= 4 is 11.7 Å². The number of alkyl halides is 3. The van der Waals surface area contributed by atoms with E-state index in [4.69, 9.17) is 4.74 Å². The second kappa shape index (κ2) is 11.1. The molecule has 1 fully saturated rings.